The van der Waals surface area contributed by atoms with Crippen LogP contribution in [0.15, 0.2) is 46.9 Å². The Balaban J connectivity index is 2.12. The fourth-order valence-electron chi connectivity index (χ4n) is 1.65. The molecule has 0 saturated heterocycles. The van der Waals surface area contributed by atoms with Gasteiger partial charge in [0.1, 0.15) is 5.82 Å². The molecule has 0 unspecified atom stereocenters. The smallest absolute Gasteiger partial charge is 0.316 e. The van der Waals surface area contributed by atoms with E-state index in [9.17, 15) is 14.0 Å². The number of nitrogens with two attached hydrogens (primary N) is 1. The summed E-state index contributed by atoms with van der Waals surface area (Å²) < 4.78 is 13.7. The Hall–Kier alpha value is -2.41. The van der Waals surface area contributed by atoms with E-state index in [1.165, 1.54) is 12.1 Å². The van der Waals surface area contributed by atoms with Gasteiger partial charge < -0.3 is 16.4 Å². The van der Waals surface area contributed by atoms with Crippen LogP contribution in [0.25, 0.3) is 0 Å². The molecule has 0 bridgehead atoms. The molecule has 2 aromatic carbocycles. The van der Waals surface area contributed by atoms with E-state index in [0.717, 1.165) is 6.07 Å². The molecule has 2 rings (SSSR count). The normalized spacial score (nSPS) is 10.0. The summed E-state index contributed by atoms with van der Waals surface area (Å²) in [4.78, 5) is 22.7. The van der Waals surface area contributed by atoms with Crippen molar-refractivity contribution in [2.24, 2.45) is 5.73 Å². The van der Waals surface area contributed by atoms with Gasteiger partial charge in [0.05, 0.1) is 5.56 Å². The lowest BCUT2D eigenvalue weighted by Gasteiger charge is -2.08. The summed E-state index contributed by atoms with van der Waals surface area (Å²) in [5.41, 5.74) is 6.19. The van der Waals surface area contributed by atoms with E-state index in [2.05, 4.69) is 26.6 Å². The number of carbonyl (C=O) groups is 2. The molecule has 0 atom stereocenters. The summed E-state index contributed by atoms with van der Waals surface area (Å²) in [6.07, 6.45) is 0. The van der Waals surface area contributed by atoms with Gasteiger partial charge in [-0.25, -0.2) is 9.18 Å². The minimum atomic E-state index is -0.671. The highest BCUT2D eigenvalue weighted by atomic mass is 79.9. The van der Waals surface area contributed by atoms with Gasteiger partial charge in [-0.05, 0) is 58.4 Å². The van der Waals surface area contributed by atoms with Gasteiger partial charge in [-0.2, -0.15) is 0 Å². The average Bonchev–Trinajstić information content (AvgIpc) is 2.43. The maximum Gasteiger partial charge on any atom is 0.316 e. The van der Waals surface area contributed by atoms with Crippen molar-refractivity contribution >= 4 is 39.2 Å². The molecule has 0 aliphatic carbocycles. The molecule has 0 radical (unpaired) electrons. The van der Waals surface area contributed by atoms with Crippen molar-refractivity contribution in [1.29, 1.82) is 0 Å². The molecule has 0 aliphatic rings. The molecular weight excluding hydrogens is 341 g/mol. The van der Waals surface area contributed by atoms with E-state index >= 15 is 0 Å². The molecule has 0 fully saturated rings. The Bertz CT molecular complexity index is 689. The number of benzene rings is 2. The van der Waals surface area contributed by atoms with Gasteiger partial charge in [0.25, 0.3) is 5.91 Å². The summed E-state index contributed by atoms with van der Waals surface area (Å²) in [5.74, 6) is -0.943. The SMILES string of the molecule is NC(=O)Nc1ccc(NC(=O)c2cc(F)ccc2Br)cc1. The summed E-state index contributed by atoms with van der Waals surface area (Å²) in [6.45, 7) is 0. The molecule has 0 heterocycles. The summed E-state index contributed by atoms with van der Waals surface area (Å²) in [6, 6.07) is 9.54. The number of rotatable bonds is 3. The number of hydrogen-bond acceptors (Lipinski definition) is 2. The number of anilines is 2. The first-order chi connectivity index (χ1) is 9.95. The molecule has 0 aromatic heterocycles. The third kappa shape index (κ3) is 4.03. The largest absolute Gasteiger partial charge is 0.351 e. The van der Waals surface area contributed by atoms with Crippen molar-refractivity contribution in [3.8, 4) is 0 Å². The number of carbonyl (C=O) groups excluding carboxylic acids is 2. The first kappa shape index (κ1) is 15.0. The molecule has 108 valence electrons. The first-order valence-corrected chi connectivity index (χ1v) is 6.68. The molecule has 5 nitrogen and oxygen atoms in total. The number of amides is 3. The molecule has 3 amide bonds. The van der Waals surface area contributed by atoms with Crippen LogP contribution in [-0.4, -0.2) is 11.9 Å². The van der Waals surface area contributed by atoms with Crippen LogP contribution in [-0.2, 0) is 0 Å². The molecule has 7 heteroatoms. The molecule has 0 saturated carbocycles. The highest BCUT2D eigenvalue weighted by Gasteiger charge is 2.11. The second-order valence-electron chi connectivity index (χ2n) is 4.14. The second-order valence-corrected chi connectivity index (χ2v) is 5.00. The minimum absolute atomic E-state index is 0.189. The van der Waals surface area contributed by atoms with Crippen molar-refractivity contribution < 1.29 is 14.0 Å². The lowest BCUT2D eigenvalue weighted by atomic mass is 10.2. The van der Waals surface area contributed by atoms with Crippen molar-refractivity contribution in [2.75, 3.05) is 10.6 Å². The molecule has 0 aliphatic heterocycles. The van der Waals surface area contributed by atoms with Crippen molar-refractivity contribution in [2.45, 2.75) is 0 Å². The quantitative estimate of drug-likeness (QED) is 0.792. The van der Waals surface area contributed by atoms with E-state index in [4.69, 9.17) is 5.73 Å². The van der Waals surface area contributed by atoms with Crippen LogP contribution in [0.5, 0.6) is 0 Å². The molecule has 21 heavy (non-hydrogen) atoms. The lowest BCUT2D eigenvalue weighted by Crippen LogP contribution is -2.19. The van der Waals surface area contributed by atoms with Crippen LogP contribution in [0.1, 0.15) is 10.4 Å². The van der Waals surface area contributed by atoms with Crippen LogP contribution in [0.4, 0.5) is 20.6 Å². The summed E-state index contributed by atoms with van der Waals surface area (Å²) in [7, 11) is 0. The van der Waals surface area contributed by atoms with Gasteiger partial charge >= 0.3 is 6.03 Å². The summed E-state index contributed by atoms with van der Waals surface area (Å²) in [5, 5.41) is 5.03. The second kappa shape index (κ2) is 6.36. The van der Waals surface area contributed by atoms with Crippen molar-refractivity contribution in [1.82, 2.24) is 0 Å². The predicted octanol–water partition coefficient (Wildman–Crippen LogP) is 3.33. The van der Waals surface area contributed by atoms with Crippen molar-refractivity contribution in [3.63, 3.8) is 0 Å². The van der Waals surface area contributed by atoms with E-state index < -0.39 is 17.8 Å². The van der Waals surface area contributed by atoms with E-state index in [0.29, 0.717) is 15.8 Å². The zero-order valence-electron chi connectivity index (χ0n) is 10.7. The lowest BCUT2D eigenvalue weighted by molar-refractivity contribution is 0.102. The number of halogens is 2. The van der Waals surface area contributed by atoms with E-state index in [-0.39, 0.29) is 5.56 Å². The molecule has 4 N–H and O–H groups in total. The zero-order chi connectivity index (χ0) is 15.4. The highest BCUT2D eigenvalue weighted by molar-refractivity contribution is 9.10. The maximum absolute atomic E-state index is 13.2. The Labute approximate surface area is 128 Å². The minimum Gasteiger partial charge on any atom is -0.351 e. The highest BCUT2D eigenvalue weighted by Crippen LogP contribution is 2.20. The number of nitrogens with one attached hydrogen (secondary N) is 2. The number of hydrogen-bond donors (Lipinski definition) is 3. The monoisotopic (exact) mass is 351 g/mol. The Morgan fingerprint density at radius 3 is 2.14 bits per heavy atom. The fourth-order valence-corrected chi connectivity index (χ4v) is 2.08. The van der Waals surface area contributed by atoms with Crippen LogP contribution in [0.2, 0.25) is 0 Å². The van der Waals surface area contributed by atoms with E-state index in [1.54, 1.807) is 24.3 Å². The molecule has 0 spiro atoms. The van der Waals surface area contributed by atoms with Gasteiger partial charge in [-0.15, -0.1) is 0 Å². The number of primary amides is 1. The van der Waals surface area contributed by atoms with Gasteiger partial charge in [0, 0.05) is 15.8 Å². The van der Waals surface area contributed by atoms with Gasteiger partial charge in [-0.1, -0.05) is 0 Å². The Kier molecular flexibility index (Phi) is 4.54. The number of urea groups is 1. The fraction of sp³-hybridized carbons (Fsp3) is 0. The Morgan fingerprint density at radius 2 is 1.57 bits per heavy atom. The first-order valence-electron chi connectivity index (χ1n) is 5.88. The van der Waals surface area contributed by atoms with Crippen molar-refractivity contribution in [3.05, 3.63) is 58.3 Å². The van der Waals surface area contributed by atoms with Crippen LogP contribution in [0.3, 0.4) is 0 Å². The predicted molar refractivity (Wildman–Crippen MR) is 81.7 cm³/mol. The van der Waals surface area contributed by atoms with E-state index in [1.807, 2.05) is 0 Å². The van der Waals surface area contributed by atoms with Gasteiger partial charge in [0.15, 0.2) is 0 Å². The van der Waals surface area contributed by atoms with Gasteiger partial charge in [0.2, 0.25) is 0 Å². The van der Waals surface area contributed by atoms with Crippen LogP contribution in [0, 0.1) is 5.82 Å². The third-order valence-corrected chi connectivity index (χ3v) is 3.27. The molecule has 2 aromatic rings. The standard InChI is InChI=1S/C14H11BrFN3O2/c15-12-6-1-8(16)7-11(12)13(20)18-9-2-4-10(5-3-9)19-14(17)21/h1-7H,(H,18,20)(H3,17,19,21). The third-order valence-electron chi connectivity index (χ3n) is 2.58. The maximum atomic E-state index is 13.2. The Morgan fingerprint density at radius 1 is 1.00 bits per heavy atom. The van der Waals surface area contributed by atoms with Crippen LogP contribution >= 0.6 is 15.9 Å². The zero-order valence-corrected chi connectivity index (χ0v) is 12.3. The van der Waals surface area contributed by atoms with Crippen LogP contribution < -0.4 is 16.4 Å². The topological polar surface area (TPSA) is 84.2 Å². The van der Waals surface area contributed by atoms with Gasteiger partial charge in [-0.3, -0.25) is 4.79 Å². The average molecular weight is 352 g/mol. The summed E-state index contributed by atoms with van der Waals surface area (Å²) >= 11 is 3.19. The molecular formula is C14H11BrFN3O2.